The molecule has 0 atom stereocenters. The van der Waals surface area contributed by atoms with Crippen LogP contribution in [0.5, 0.6) is 0 Å². The Morgan fingerprint density at radius 3 is 2.71 bits per heavy atom. The van der Waals surface area contributed by atoms with Gasteiger partial charge in [0.25, 0.3) is 5.91 Å². The van der Waals surface area contributed by atoms with Gasteiger partial charge in [0.05, 0.1) is 5.69 Å². The first-order valence-electron chi connectivity index (χ1n) is 6.95. The molecule has 0 unspecified atom stereocenters. The Hall–Kier alpha value is -1.72. The lowest BCUT2D eigenvalue weighted by Gasteiger charge is -2.10. The number of carbonyl (C=O) groups excluding carboxylic acids is 1. The topological polar surface area (TPSA) is 45.2 Å². The van der Waals surface area contributed by atoms with Gasteiger partial charge >= 0.3 is 0 Å². The lowest BCUT2D eigenvalue weighted by Crippen LogP contribution is -2.31. The SMILES string of the molecule is Cc1nc(-c2cccc(C(=O)NCCN(C)C)c2)sc1C. The van der Waals surface area contributed by atoms with E-state index in [0.29, 0.717) is 12.1 Å². The number of likely N-dealkylation sites (N-methyl/N-ethyl adjacent to an activating group) is 1. The average Bonchev–Trinajstić information content (AvgIpc) is 2.78. The summed E-state index contributed by atoms with van der Waals surface area (Å²) < 4.78 is 0. The van der Waals surface area contributed by atoms with Crippen LogP contribution in [0.2, 0.25) is 0 Å². The van der Waals surface area contributed by atoms with Gasteiger partial charge in [-0.15, -0.1) is 11.3 Å². The van der Waals surface area contributed by atoms with Crippen LogP contribution in [0.3, 0.4) is 0 Å². The molecule has 0 bridgehead atoms. The van der Waals surface area contributed by atoms with E-state index < -0.39 is 0 Å². The minimum atomic E-state index is -0.0382. The molecule has 0 aliphatic rings. The normalized spacial score (nSPS) is 10.9. The largest absolute Gasteiger partial charge is 0.351 e. The summed E-state index contributed by atoms with van der Waals surface area (Å²) in [4.78, 5) is 19.9. The molecule has 2 aromatic rings. The molecule has 1 aromatic carbocycles. The molecule has 0 fully saturated rings. The van der Waals surface area contributed by atoms with Gasteiger partial charge in [0.15, 0.2) is 0 Å². The molecule has 4 nitrogen and oxygen atoms in total. The van der Waals surface area contributed by atoms with Crippen LogP contribution in [0, 0.1) is 13.8 Å². The van der Waals surface area contributed by atoms with E-state index in [-0.39, 0.29) is 5.91 Å². The number of carbonyl (C=O) groups is 1. The van der Waals surface area contributed by atoms with Crippen molar-refractivity contribution in [2.24, 2.45) is 0 Å². The van der Waals surface area contributed by atoms with Crippen molar-refractivity contribution in [2.45, 2.75) is 13.8 Å². The van der Waals surface area contributed by atoms with Crippen molar-refractivity contribution in [1.29, 1.82) is 0 Å². The van der Waals surface area contributed by atoms with Gasteiger partial charge in [-0.1, -0.05) is 12.1 Å². The standard InChI is InChI=1S/C16H21N3OS/c1-11-12(2)21-16(18-11)14-7-5-6-13(10-14)15(20)17-8-9-19(3)4/h5-7,10H,8-9H2,1-4H3,(H,17,20). The molecule has 2 rings (SSSR count). The third kappa shape index (κ3) is 4.12. The van der Waals surface area contributed by atoms with E-state index in [0.717, 1.165) is 22.8 Å². The zero-order chi connectivity index (χ0) is 15.4. The summed E-state index contributed by atoms with van der Waals surface area (Å²) >= 11 is 1.66. The van der Waals surface area contributed by atoms with E-state index in [1.807, 2.05) is 50.2 Å². The van der Waals surface area contributed by atoms with E-state index in [4.69, 9.17) is 0 Å². The molecule has 1 amide bonds. The number of hydrogen-bond donors (Lipinski definition) is 1. The second kappa shape index (κ2) is 6.83. The van der Waals surface area contributed by atoms with Gasteiger partial charge in [0.2, 0.25) is 0 Å². The van der Waals surface area contributed by atoms with Crippen LogP contribution in [0.15, 0.2) is 24.3 Å². The summed E-state index contributed by atoms with van der Waals surface area (Å²) in [7, 11) is 3.97. The fraction of sp³-hybridized carbons (Fsp3) is 0.375. The molecule has 112 valence electrons. The smallest absolute Gasteiger partial charge is 0.251 e. The number of aryl methyl sites for hydroxylation is 2. The average molecular weight is 303 g/mol. The van der Waals surface area contributed by atoms with Crippen molar-refractivity contribution in [3.05, 3.63) is 40.4 Å². The van der Waals surface area contributed by atoms with Crippen molar-refractivity contribution >= 4 is 17.2 Å². The zero-order valence-corrected chi connectivity index (χ0v) is 13.8. The molecule has 21 heavy (non-hydrogen) atoms. The highest BCUT2D eigenvalue weighted by molar-refractivity contribution is 7.15. The summed E-state index contributed by atoms with van der Waals surface area (Å²) in [5.41, 5.74) is 2.73. The monoisotopic (exact) mass is 303 g/mol. The minimum Gasteiger partial charge on any atom is -0.351 e. The number of hydrogen-bond acceptors (Lipinski definition) is 4. The number of nitrogens with one attached hydrogen (secondary N) is 1. The van der Waals surface area contributed by atoms with Gasteiger partial charge in [-0.3, -0.25) is 4.79 Å². The van der Waals surface area contributed by atoms with E-state index in [9.17, 15) is 4.79 Å². The maximum absolute atomic E-state index is 12.1. The van der Waals surface area contributed by atoms with Crippen LogP contribution in [0.1, 0.15) is 20.9 Å². The fourth-order valence-corrected chi connectivity index (χ4v) is 2.80. The minimum absolute atomic E-state index is 0.0382. The van der Waals surface area contributed by atoms with Gasteiger partial charge in [0.1, 0.15) is 5.01 Å². The summed E-state index contributed by atoms with van der Waals surface area (Å²) in [5, 5.41) is 3.89. The summed E-state index contributed by atoms with van der Waals surface area (Å²) in [6.07, 6.45) is 0. The Morgan fingerprint density at radius 2 is 2.10 bits per heavy atom. The molecule has 1 N–H and O–H groups in total. The van der Waals surface area contributed by atoms with E-state index in [1.54, 1.807) is 11.3 Å². The lowest BCUT2D eigenvalue weighted by atomic mass is 10.1. The first-order chi connectivity index (χ1) is 9.97. The number of thiazole rings is 1. The van der Waals surface area contributed by atoms with Crippen molar-refractivity contribution in [3.63, 3.8) is 0 Å². The number of amides is 1. The predicted octanol–water partition coefficient (Wildman–Crippen LogP) is 2.72. The zero-order valence-electron chi connectivity index (χ0n) is 12.9. The highest BCUT2D eigenvalue weighted by Gasteiger charge is 2.10. The number of nitrogens with zero attached hydrogens (tertiary/aromatic N) is 2. The van der Waals surface area contributed by atoms with Crippen LogP contribution in [-0.2, 0) is 0 Å². The number of aromatic nitrogens is 1. The molecule has 0 aliphatic carbocycles. The van der Waals surface area contributed by atoms with Crippen LogP contribution < -0.4 is 5.32 Å². The van der Waals surface area contributed by atoms with Gasteiger partial charge in [-0.25, -0.2) is 4.98 Å². The Bertz CT molecular complexity index is 615. The first-order valence-corrected chi connectivity index (χ1v) is 7.76. The molecule has 0 spiro atoms. The van der Waals surface area contributed by atoms with E-state index in [2.05, 4.69) is 17.2 Å². The van der Waals surface area contributed by atoms with Crippen molar-refractivity contribution in [2.75, 3.05) is 27.2 Å². The third-order valence-electron chi connectivity index (χ3n) is 3.24. The Morgan fingerprint density at radius 1 is 1.33 bits per heavy atom. The van der Waals surface area contributed by atoms with Gasteiger partial charge < -0.3 is 10.2 Å². The molecule has 1 heterocycles. The maximum atomic E-state index is 12.1. The Balaban J connectivity index is 2.12. The molecule has 0 saturated heterocycles. The molecular weight excluding hydrogens is 282 g/mol. The van der Waals surface area contributed by atoms with Gasteiger partial charge in [-0.05, 0) is 40.1 Å². The van der Waals surface area contributed by atoms with Crippen molar-refractivity contribution in [3.8, 4) is 10.6 Å². The second-order valence-corrected chi connectivity index (χ2v) is 6.50. The van der Waals surface area contributed by atoms with Crippen LogP contribution >= 0.6 is 11.3 Å². The second-order valence-electron chi connectivity index (χ2n) is 5.30. The highest BCUT2D eigenvalue weighted by atomic mass is 32.1. The summed E-state index contributed by atoms with van der Waals surface area (Å²) in [5.74, 6) is -0.0382. The molecule has 1 aromatic heterocycles. The molecule has 0 radical (unpaired) electrons. The van der Waals surface area contributed by atoms with Crippen molar-refractivity contribution in [1.82, 2.24) is 15.2 Å². The van der Waals surface area contributed by atoms with Crippen LogP contribution in [0.4, 0.5) is 0 Å². The van der Waals surface area contributed by atoms with E-state index in [1.165, 1.54) is 4.88 Å². The van der Waals surface area contributed by atoms with Crippen LogP contribution in [-0.4, -0.2) is 43.0 Å². The number of benzene rings is 1. The predicted molar refractivity (Wildman–Crippen MR) is 87.9 cm³/mol. The molecule has 0 saturated carbocycles. The van der Waals surface area contributed by atoms with Gasteiger partial charge in [0, 0.05) is 29.1 Å². The third-order valence-corrected chi connectivity index (χ3v) is 4.37. The van der Waals surface area contributed by atoms with E-state index >= 15 is 0 Å². The first kappa shape index (κ1) is 15.7. The summed E-state index contributed by atoms with van der Waals surface area (Å²) in [6, 6.07) is 7.64. The van der Waals surface area contributed by atoms with Gasteiger partial charge in [-0.2, -0.15) is 0 Å². The quantitative estimate of drug-likeness (QED) is 0.924. The highest BCUT2D eigenvalue weighted by Crippen LogP contribution is 2.27. The molecular formula is C16H21N3OS. The molecule has 5 heteroatoms. The fourth-order valence-electron chi connectivity index (χ4n) is 1.88. The Kier molecular flexibility index (Phi) is 5.09. The van der Waals surface area contributed by atoms with Crippen LogP contribution in [0.25, 0.3) is 10.6 Å². The Labute approximate surface area is 129 Å². The maximum Gasteiger partial charge on any atom is 0.251 e. The lowest BCUT2D eigenvalue weighted by molar-refractivity contribution is 0.0951. The summed E-state index contributed by atoms with van der Waals surface area (Å²) in [6.45, 7) is 5.54. The van der Waals surface area contributed by atoms with Crippen molar-refractivity contribution < 1.29 is 4.79 Å². The number of rotatable bonds is 5. The molecule has 0 aliphatic heterocycles.